The molecule has 0 radical (unpaired) electrons. The van der Waals surface area contributed by atoms with E-state index in [4.69, 9.17) is 5.26 Å². The zero-order valence-electron chi connectivity index (χ0n) is 7.88. The predicted molar refractivity (Wildman–Crippen MR) is 56.5 cm³/mol. The Morgan fingerprint density at radius 2 is 1.80 bits per heavy atom. The van der Waals surface area contributed by atoms with Crippen LogP contribution in [0.15, 0.2) is 42.7 Å². The van der Waals surface area contributed by atoms with Crippen LogP contribution in [0.1, 0.15) is 5.56 Å². The maximum absolute atomic E-state index is 8.87. The van der Waals surface area contributed by atoms with Gasteiger partial charge < -0.3 is 5.32 Å². The first kappa shape index (κ1) is 9.16. The monoisotopic (exact) mass is 196 g/mol. The molecule has 0 aliphatic heterocycles. The standard InChI is InChI=1S/C11H8N4/c12-8-9-4-1-2-5-10(9)15-11-13-6-3-7-14-11/h1-7H,(H,13,14,15). The third-order valence-corrected chi connectivity index (χ3v) is 1.86. The Kier molecular flexibility index (Phi) is 2.56. The molecule has 0 amide bonds. The molecular formula is C11H8N4. The fraction of sp³-hybridized carbons (Fsp3) is 0. The molecule has 0 aliphatic carbocycles. The molecule has 2 aromatic rings. The highest BCUT2D eigenvalue weighted by atomic mass is 15.1. The van der Waals surface area contributed by atoms with E-state index in [1.165, 1.54) is 0 Å². The lowest BCUT2D eigenvalue weighted by molar-refractivity contribution is 1.16. The van der Waals surface area contributed by atoms with Gasteiger partial charge in [-0.15, -0.1) is 0 Å². The largest absolute Gasteiger partial charge is 0.323 e. The lowest BCUT2D eigenvalue weighted by Gasteiger charge is -2.04. The van der Waals surface area contributed by atoms with Gasteiger partial charge >= 0.3 is 0 Å². The van der Waals surface area contributed by atoms with Gasteiger partial charge in [0.05, 0.1) is 11.3 Å². The summed E-state index contributed by atoms with van der Waals surface area (Å²) in [4.78, 5) is 8.04. The predicted octanol–water partition coefficient (Wildman–Crippen LogP) is 2.09. The van der Waals surface area contributed by atoms with E-state index < -0.39 is 0 Å². The number of hydrogen-bond acceptors (Lipinski definition) is 4. The summed E-state index contributed by atoms with van der Waals surface area (Å²) in [6.45, 7) is 0. The number of hydrogen-bond donors (Lipinski definition) is 1. The fourth-order valence-corrected chi connectivity index (χ4v) is 1.17. The van der Waals surface area contributed by atoms with Crippen molar-refractivity contribution in [1.29, 1.82) is 5.26 Å². The Morgan fingerprint density at radius 3 is 2.53 bits per heavy atom. The topological polar surface area (TPSA) is 61.6 Å². The molecule has 1 N–H and O–H groups in total. The van der Waals surface area contributed by atoms with Gasteiger partial charge in [-0.2, -0.15) is 5.26 Å². The van der Waals surface area contributed by atoms with Crippen LogP contribution in [-0.4, -0.2) is 9.97 Å². The molecule has 0 atom stereocenters. The molecule has 4 heteroatoms. The summed E-state index contributed by atoms with van der Waals surface area (Å²) < 4.78 is 0. The van der Waals surface area contributed by atoms with E-state index >= 15 is 0 Å². The number of anilines is 2. The number of rotatable bonds is 2. The molecule has 0 spiro atoms. The molecular weight excluding hydrogens is 188 g/mol. The SMILES string of the molecule is N#Cc1ccccc1Nc1ncccn1. The van der Waals surface area contributed by atoms with E-state index in [9.17, 15) is 0 Å². The van der Waals surface area contributed by atoms with E-state index in [1.807, 2.05) is 18.2 Å². The first-order valence-corrected chi connectivity index (χ1v) is 4.43. The van der Waals surface area contributed by atoms with Gasteiger partial charge in [0.15, 0.2) is 0 Å². The van der Waals surface area contributed by atoms with Crippen LogP contribution in [0.2, 0.25) is 0 Å². The van der Waals surface area contributed by atoms with Gasteiger partial charge in [-0.05, 0) is 18.2 Å². The highest BCUT2D eigenvalue weighted by molar-refractivity contribution is 5.62. The molecule has 0 bridgehead atoms. The van der Waals surface area contributed by atoms with Crippen molar-refractivity contribution < 1.29 is 0 Å². The molecule has 1 heterocycles. The first-order chi connectivity index (χ1) is 7.40. The smallest absolute Gasteiger partial charge is 0.227 e. The summed E-state index contributed by atoms with van der Waals surface area (Å²) in [6, 6.07) is 11.1. The van der Waals surface area contributed by atoms with Crippen molar-refractivity contribution in [3.05, 3.63) is 48.3 Å². The Labute approximate surface area is 87.2 Å². The van der Waals surface area contributed by atoms with Crippen molar-refractivity contribution in [2.75, 3.05) is 5.32 Å². The van der Waals surface area contributed by atoms with Gasteiger partial charge in [0.1, 0.15) is 6.07 Å². The number of nitrogens with zero attached hydrogens (tertiary/aromatic N) is 3. The number of benzene rings is 1. The molecule has 0 aliphatic rings. The zero-order chi connectivity index (χ0) is 10.5. The second-order valence-electron chi connectivity index (χ2n) is 2.85. The van der Waals surface area contributed by atoms with Crippen LogP contribution in [0.4, 0.5) is 11.6 Å². The van der Waals surface area contributed by atoms with Crippen molar-refractivity contribution in [1.82, 2.24) is 9.97 Å². The van der Waals surface area contributed by atoms with Gasteiger partial charge in [-0.3, -0.25) is 0 Å². The molecule has 0 saturated heterocycles. The molecule has 4 nitrogen and oxygen atoms in total. The Balaban J connectivity index is 2.29. The van der Waals surface area contributed by atoms with E-state index in [0.29, 0.717) is 17.2 Å². The van der Waals surface area contributed by atoms with Crippen LogP contribution in [0.5, 0.6) is 0 Å². The Bertz CT molecular complexity index is 487. The quantitative estimate of drug-likeness (QED) is 0.798. The minimum absolute atomic E-state index is 0.486. The highest BCUT2D eigenvalue weighted by Crippen LogP contribution is 2.16. The average Bonchev–Trinajstić information content (AvgIpc) is 2.31. The normalized spacial score (nSPS) is 9.27. The third-order valence-electron chi connectivity index (χ3n) is 1.86. The van der Waals surface area contributed by atoms with Gasteiger partial charge in [0, 0.05) is 12.4 Å². The summed E-state index contributed by atoms with van der Waals surface area (Å²) in [5, 5.41) is 11.8. The Hall–Kier alpha value is -2.41. The van der Waals surface area contributed by atoms with Crippen molar-refractivity contribution in [3.63, 3.8) is 0 Å². The zero-order valence-corrected chi connectivity index (χ0v) is 7.88. The van der Waals surface area contributed by atoms with E-state index in [2.05, 4.69) is 21.4 Å². The molecule has 0 unspecified atom stereocenters. The van der Waals surface area contributed by atoms with Gasteiger partial charge in [-0.25, -0.2) is 9.97 Å². The van der Waals surface area contributed by atoms with Crippen LogP contribution in [0.25, 0.3) is 0 Å². The van der Waals surface area contributed by atoms with Crippen LogP contribution in [-0.2, 0) is 0 Å². The van der Waals surface area contributed by atoms with Gasteiger partial charge in [0.25, 0.3) is 0 Å². The second kappa shape index (κ2) is 4.20. The molecule has 72 valence electrons. The molecule has 1 aromatic heterocycles. The first-order valence-electron chi connectivity index (χ1n) is 4.43. The summed E-state index contributed by atoms with van der Waals surface area (Å²) in [6.07, 6.45) is 3.29. The van der Waals surface area contributed by atoms with E-state index in [1.54, 1.807) is 24.5 Å². The molecule has 0 saturated carbocycles. The van der Waals surface area contributed by atoms with Gasteiger partial charge in [0.2, 0.25) is 5.95 Å². The maximum atomic E-state index is 8.87. The number of nitriles is 1. The van der Waals surface area contributed by atoms with Crippen molar-refractivity contribution >= 4 is 11.6 Å². The molecule has 1 aromatic carbocycles. The summed E-state index contributed by atoms with van der Waals surface area (Å²) in [7, 11) is 0. The molecule has 0 fully saturated rings. The summed E-state index contributed by atoms with van der Waals surface area (Å²) in [5.41, 5.74) is 1.29. The van der Waals surface area contributed by atoms with Crippen molar-refractivity contribution in [2.24, 2.45) is 0 Å². The summed E-state index contributed by atoms with van der Waals surface area (Å²) in [5.74, 6) is 0.486. The Morgan fingerprint density at radius 1 is 1.07 bits per heavy atom. The molecule has 15 heavy (non-hydrogen) atoms. The average molecular weight is 196 g/mol. The van der Waals surface area contributed by atoms with Crippen LogP contribution in [0, 0.1) is 11.3 Å². The lowest BCUT2D eigenvalue weighted by atomic mass is 10.2. The summed E-state index contributed by atoms with van der Waals surface area (Å²) >= 11 is 0. The van der Waals surface area contributed by atoms with Crippen LogP contribution in [0.3, 0.4) is 0 Å². The van der Waals surface area contributed by atoms with E-state index in [0.717, 1.165) is 0 Å². The number of nitrogens with one attached hydrogen (secondary N) is 1. The minimum atomic E-state index is 0.486. The second-order valence-corrected chi connectivity index (χ2v) is 2.85. The minimum Gasteiger partial charge on any atom is -0.323 e. The number of para-hydroxylation sites is 1. The number of aromatic nitrogens is 2. The van der Waals surface area contributed by atoms with Gasteiger partial charge in [-0.1, -0.05) is 12.1 Å². The maximum Gasteiger partial charge on any atom is 0.227 e. The third kappa shape index (κ3) is 2.09. The lowest BCUT2D eigenvalue weighted by Crippen LogP contribution is -1.97. The van der Waals surface area contributed by atoms with Crippen molar-refractivity contribution in [2.45, 2.75) is 0 Å². The van der Waals surface area contributed by atoms with E-state index in [-0.39, 0.29) is 0 Å². The fourth-order valence-electron chi connectivity index (χ4n) is 1.17. The van der Waals surface area contributed by atoms with Crippen LogP contribution < -0.4 is 5.32 Å². The van der Waals surface area contributed by atoms with Crippen LogP contribution >= 0.6 is 0 Å². The molecule has 2 rings (SSSR count). The highest BCUT2D eigenvalue weighted by Gasteiger charge is 2.01. The van der Waals surface area contributed by atoms with Crippen molar-refractivity contribution in [3.8, 4) is 6.07 Å².